The molecule has 1 aromatic carbocycles. The van der Waals surface area contributed by atoms with Crippen LogP contribution in [0.1, 0.15) is 18.5 Å². The molecule has 2 N–H and O–H groups in total. The number of hydrogen-bond acceptors (Lipinski definition) is 4. The molecule has 0 saturated heterocycles. The van der Waals surface area contributed by atoms with Gasteiger partial charge in [-0.1, -0.05) is 12.1 Å². The monoisotopic (exact) mass is 239 g/mol. The fraction of sp³-hybridized carbons (Fsp3) is 0.538. The largest absolute Gasteiger partial charge is 0.491 e. The van der Waals surface area contributed by atoms with E-state index in [2.05, 4.69) is 12.2 Å². The van der Waals surface area contributed by atoms with Crippen LogP contribution in [0.5, 0.6) is 5.75 Å². The fourth-order valence-corrected chi connectivity index (χ4v) is 1.45. The molecule has 0 aliphatic heterocycles. The lowest BCUT2D eigenvalue weighted by Crippen LogP contribution is -2.22. The van der Waals surface area contributed by atoms with E-state index in [9.17, 15) is 5.11 Å². The first-order valence-electron chi connectivity index (χ1n) is 5.74. The van der Waals surface area contributed by atoms with Crippen LogP contribution in [-0.2, 0) is 4.74 Å². The summed E-state index contributed by atoms with van der Waals surface area (Å²) in [4.78, 5) is 0. The Morgan fingerprint density at radius 3 is 2.41 bits per heavy atom. The molecular weight excluding hydrogens is 218 g/mol. The highest BCUT2D eigenvalue weighted by Crippen LogP contribution is 2.17. The van der Waals surface area contributed by atoms with E-state index in [0.717, 1.165) is 5.75 Å². The highest BCUT2D eigenvalue weighted by molar-refractivity contribution is 5.28. The molecule has 0 aromatic heterocycles. The van der Waals surface area contributed by atoms with Gasteiger partial charge in [-0.15, -0.1) is 0 Å². The van der Waals surface area contributed by atoms with Gasteiger partial charge in [0.25, 0.3) is 0 Å². The molecular formula is C13H21NO3. The van der Waals surface area contributed by atoms with E-state index in [0.29, 0.717) is 6.04 Å². The van der Waals surface area contributed by atoms with Crippen LogP contribution < -0.4 is 10.1 Å². The second kappa shape index (κ2) is 7.27. The molecule has 2 unspecified atom stereocenters. The van der Waals surface area contributed by atoms with Gasteiger partial charge in [0.1, 0.15) is 18.5 Å². The van der Waals surface area contributed by atoms with Gasteiger partial charge >= 0.3 is 0 Å². The molecule has 17 heavy (non-hydrogen) atoms. The number of nitrogens with one attached hydrogen (secondary N) is 1. The van der Waals surface area contributed by atoms with Crippen molar-refractivity contribution in [1.82, 2.24) is 5.32 Å². The average Bonchev–Trinajstić information content (AvgIpc) is 2.36. The zero-order valence-corrected chi connectivity index (χ0v) is 10.6. The Balaban J connectivity index is 2.45. The van der Waals surface area contributed by atoms with Gasteiger partial charge < -0.3 is 19.9 Å². The fourth-order valence-electron chi connectivity index (χ4n) is 1.45. The zero-order chi connectivity index (χ0) is 12.7. The maximum absolute atomic E-state index is 9.43. The van der Waals surface area contributed by atoms with Crippen LogP contribution in [0.4, 0.5) is 0 Å². The minimum absolute atomic E-state index is 0.245. The number of benzene rings is 1. The van der Waals surface area contributed by atoms with Crippen LogP contribution in [0.25, 0.3) is 0 Å². The smallest absolute Gasteiger partial charge is 0.119 e. The zero-order valence-electron chi connectivity index (χ0n) is 10.6. The predicted octanol–water partition coefficient (Wildman–Crippen LogP) is 1.35. The van der Waals surface area contributed by atoms with Crippen LogP contribution in [0, 0.1) is 0 Å². The van der Waals surface area contributed by atoms with Crippen LogP contribution in [0.15, 0.2) is 24.3 Å². The number of methoxy groups -OCH3 is 1. The van der Waals surface area contributed by atoms with Crippen molar-refractivity contribution in [3.63, 3.8) is 0 Å². The minimum atomic E-state index is -0.587. The van der Waals surface area contributed by atoms with E-state index < -0.39 is 6.10 Å². The second-order valence-electron chi connectivity index (χ2n) is 4.00. The van der Waals surface area contributed by atoms with Gasteiger partial charge in [-0.05, 0) is 31.7 Å². The summed E-state index contributed by atoms with van der Waals surface area (Å²) in [6.07, 6.45) is -0.587. The molecule has 0 radical (unpaired) electrons. The topological polar surface area (TPSA) is 50.7 Å². The first kappa shape index (κ1) is 14.0. The van der Waals surface area contributed by atoms with Gasteiger partial charge in [0, 0.05) is 13.2 Å². The van der Waals surface area contributed by atoms with E-state index >= 15 is 0 Å². The van der Waals surface area contributed by atoms with Gasteiger partial charge in [-0.2, -0.15) is 0 Å². The maximum Gasteiger partial charge on any atom is 0.119 e. The first-order chi connectivity index (χ1) is 8.17. The molecule has 0 spiro atoms. The number of aliphatic hydroxyl groups is 1. The summed E-state index contributed by atoms with van der Waals surface area (Å²) >= 11 is 0. The van der Waals surface area contributed by atoms with E-state index in [1.807, 2.05) is 31.3 Å². The summed E-state index contributed by atoms with van der Waals surface area (Å²) in [7, 11) is 3.48. The van der Waals surface area contributed by atoms with Crippen LogP contribution in [0.3, 0.4) is 0 Å². The number of ether oxygens (including phenoxy) is 2. The SMILES string of the molecule is CNC(C)c1ccc(OCC(O)COC)cc1. The standard InChI is InChI=1S/C13H21NO3/c1-10(14-2)11-4-6-13(7-5-11)17-9-12(15)8-16-3/h4-7,10,12,14-15H,8-9H2,1-3H3. The van der Waals surface area contributed by atoms with E-state index in [-0.39, 0.29) is 13.2 Å². The normalized spacial score (nSPS) is 14.4. The molecule has 4 heteroatoms. The number of aliphatic hydroxyl groups excluding tert-OH is 1. The molecule has 0 heterocycles. The van der Waals surface area contributed by atoms with Crippen LogP contribution >= 0.6 is 0 Å². The van der Waals surface area contributed by atoms with Crippen molar-refractivity contribution in [3.05, 3.63) is 29.8 Å². The second-order valence-corrected chi connectivity index (χ2v) is 4.00. The molecule has 96 valence electrons. The van der Waals surface area contributed by atoms with Gasteiger partial charge in [0.2, 0.25) is 0 Å². The Hall–Kier alpha value is -1.10. The quantitative estimate of drug-likeness (QED) is 0.754. The van der Waals surface area contributed by atoms with E-state index in [1.54, 1.807) is 7.11 Å². The molecule has 0 bridgehead atoms. The van der Waals surface area contributed by atoms with Crippen molar-refractivity contribution in [2.24, 2.45) is 0 Å². The van der Waals surface area contributed by atoms with Crippen LogP contribution in [-0.4, -0.2) is 38.6 Å². The van der Waals surface area contributed by atoms with E-state index in [4.69, 9.17) is 9.47 Å². The average molecular weight is 239 g/mol. The Kier molecular flexibility index (Phi) is 5.97. The van der Waals surface area contributed by atoms with Crippen molar-refractivity contribution >= 4 is 0 Å². The Bertz CT molecular complexity index is 313. The molecule has 1 aromatic rings. The third kappa shape index (κ3) is 4.73. The van der Waals surface area contributed by atoms with Gasteiger partial charge in [0.15, 0.2) is 0 Å². The maximum atomic E-state index is 9.43. The summed E-state index contributed by atoms with van der Waals surface area (Å²) in [5.41, 5.74) is 1.21. The Morgan fingerprint density at radius 2 is 1.88 bits per heavy atom. The van der Waals surface area contributed by atoms with Crippen LogP contribution in [0.2, 0.25) is 0 Å². The minimum Gasteiger partial charge on any atom is -0.491 e. The number of hydrogen-bond donors (Lipinski definition) is 2. The van der Waals surface area contributed by atoms with Crippen molar-refractivity contribution in [2.75, 3.05) is 27.4 Å². The summed E-state index contributed by atoms with van der Waals surface area (Å²) < 4.78 is 10.3. The molecule has 0 aliphatic carbocycles. The van der Waals surface area contributed by atoms with Gasteiger partial charge in [-0.25, -0.2) is 0 Å². The highest BCUT2D eigenvalue weighted by atomic mass is 16.5. The summed E-state index contributed by atoms with van der Waals surface area (Å²) in [6.45, 7) is 2.63. The molecule has 4 nitrogen and oxygen atoms in total. The summed E-state index contributed by atoms with van der Waals surface area (Å²) in [5, 5.41) is 12.6. The Labute approximate surface area is 103 Å². The molecule has 2 atom stereocenters. The molecule has 0 amide bonds. The van der Waals surface area contributed by atoms with Crippen molar-refractivity contribution < 1.29 is 14.6 Å². The lowest BCUT2D eigenvalue weighted by molar-refractivity contribution is 0.0325. The highest BCUT2D eigenvalue weighted by Gasteiger charge is 2.05. The third-order valence-electron chi connectivity index (χ3n) is 2.61. The van der Waals surface area contributed by atoms with Gasteiger partial charge in [-0.3, -0.25) is 0 Å². The summed E-state index contributed by atoms with van der Waals surface area (Å²) in [5.74, 6) is 0.757. The van der Waals surface area contributed by atoms with Crippen molar-refractivity contribution in [3.8, 4) is 5.75 Å². The van der Waals surface area contributed by atoms with E-state index in [1.165, 1.54) is 5.56 Å². The summed E-state index contributed by atoms with van der Waals surface area (Å²) in [6, 6.07) is 8.16. The molecule has 0 saturated carbocycles. The lowest BCUT2D eigenvalue weighted by Gasteiger charge is -2.13. The first-order valence-corrected chi connectivity index (χ1v) is 5.74. The van der Waals surface area contributed by atoms with Crippen molar-refractivity contribution in [1.29, 1.82) is 0 Å². The van der Waals surface area contributed by atoms with Crippen molar-refractivity contribution in [2.45, 2.75) is 19.1 Å². The third-order valence-corrected chi connectivity index (χ3v) is 2.61. The molecule has 0 aliphatic rings. The molecule has 1 rings (SSSR count). The van der Waals surface area contributed by atoms with Gasteiger partial charge in [0.05, 0.1) is 6.61 Å². The molecule has 0 fully saturated rings. The predicted molar refractivity (Wildman–Crippen MR) is 67.3 cm³/mol. The Morgan fingerprint density at radius 1 is 1.24 bits per heavy atom. The number of rotatable bonds is 7. The lowest BCUT2D eigenvalue weighted by atomic mass is 10.1.